The minimum absolute atomic E-state index is 0. The van der Waals surface area contributed by atoms with Crippen LogP contribution in [0.3, 0.4) is 0 Å². The van der Waals surface area contributed by atoms with Crippen LogP contribution in [0.2, 0.25) is 0 Å². The first-order chi connectivity index (χ1) is 11.3. The van der Waals surface area contributed by atoms with Crippen molar-refractivity contribution in [3.8, 4) is 0 Å². The summed E-state index contributed by atoms with van der Waals surface area (Å²) < 4.78 is 0. The molecular formula is C19H23Cl2N3O. The third-order valence-electron chi connectivity index (χ3n) is 4.99. The molecule has 1 fully saturated rings. The number of halogens is 2. The Labute approximate surface area is 160 Å². The summed E-state index contributed by atoms with van der Waals surface area (Å²) in [6, 6.07) is 16.7. The van der Waals surface area contributed by atoms with Gasteiger partial charge >= 0.3 is 0 Å². The summed E-state index contributed by atoms with van der Waals surface area (Å²) >= 11 is 0. The van der Waals surface area contributed by atoms with Crippen molar-refractivity contribution in [1.82, 2.24) is 10.2 Å². The van der Waals surface area contributed by atoms with E-state index in [-0.39, 0.29) is 36.8 Å². The predicted molar refractivity (Wildman–Crippen MR) is 106 cm³/mol. The van der Waals surface area contributed by atoms with E-state index in [1.165, 1.54) is 11.1 Å². The molecule has 134 valence electrons. The summed E-state index contributed by atoms with van der Waals surface area (Å²) in [7, 11) is 1.92. The minimum Gasteiger partial charge on any atom is -0.388 e. The third kappa shape index (κ3) is 3.34. The Bertz CT molecular complexity index is 739. The first kappa shape index (κ1) is 19.6. The van der Waals surface area contributed by atoms with Gasteiger partial charge < -0.3 is 10.6 Å². The molecule has 0 spiro atoms. The molecule has 0 radical (unpaired) electrons. The molecule has 0 saturated carbocycles. The van der Waals surface area contributed by atoms with Crippen molar-refractivity contribution in [1.29, 1.82) is 0 Å². The number of anilines is 1. The van der Waals surface area contributed by atoms with Crippen LogP contribution in [0.4, 0.5) is 5.69 Å². The molecule has 4 nitrogen and oxygen atoms in total. The van der Waals surface area contributed by atoms with E-state index < -0.39 is 0 Å². The number of carbonyl (C=O) groups excluding carboxylic acids is 1. The van der Waals surface area contributed by atoms with Gasteiger partial charge in [0.05, 0.1) is 0 Å². The van der Waals surface area contributed by atoms with Crippen molar-refractivity contribution in [3.63, 3.8) is 0 Å². The number of hydrogen-bond donors (Lipinski definition) is 2. The molecule has 25 heavy (non-hydrogen) atoms. The Kier molecular flexibility index (Phi) is 6.33. The van der Waals surface area contributed by atoms with Crippen LogP contribution in [0.5, 0.6) is 0 Å². The van der Waals surface area contributed by atoms with Gasteiger partial charge in [0.2, 0.25) is 5.91 Å². The van der Waals surface area contributed by atoms with Crippen molar-refractivity contribution in [3.05, 3.63) is 65.2 Å². The van der Waals surface area contributed by atoms with Gasteiger partial charge in [-0.15, -0.1) is 24.8 Å². The topological polar surface area (TPSA) is 44.4 Å². The van der Waals surface area contributed by atoms with Gasteiger partial charge in [0.25, 0.3) is 0 Å². The van der Waals surface area contributed by atoms with E-state index in [0.717, 1.165) is 30.9 Å². The molecule has 4 rings (SSSR count). The quantitative estimate of drug-likeness (QED) is 0.841. The first-order valence-corrected chi connectivity index (χ1v) is 8.17. The molecule has 2 aromatic rings. The normalized spacial score (nSPS) is 21.7. The highest BCUT2D eigenvalue weighted by molar-refractivity contribution is 5.87. The van der Waals surface area contributed by atoms with E-state index in [1.807, 2.05) is 7.05 Å². The summed E-state index contributed by atoms with van der Waals surface area (Å²) in [5.41, 5.74) is 4.76. The van der Waals surface area contributed by atoms with Crippen molar-refractivity contribution >= 4 is 36.4 Å². The third-order valence-corrected chi connectivity index (χ3v) is 4.99. The highest BCUT2D eigenvalue weighted by Gasteiger charge is 2.40. The second-order valence-electron chi connectivity index (χ2n) is 6.21. The highest BCUT2D eigenvalue weighted by Crippen LogP contribution is 2.43. The van der Waals surface area contributed by atoms with Crippen molar-refractivity contribution < 1.29 is 4.79 Å². The maximum atomic E-state index is 12.5. The number of nitrogens with zero attached hydrogens (tertiary/aromatic N) is 1. The molecule has 1 saturated heterocycles. The second kappa shape index (κ2) is 8.09. The molecule has 2 aliphatic rings. The van der Waals surface area contributed by atoms with Crippen molar-refractivity contribution in [2.75, 3.05) is 32.0 Å². The van der Waals surface area contributed by atoms with Crippen LogP contribution in [0.15, 0.2) is 48.5 Å². The average molecular weight is 380 g/mol. The molecule has 2 aromatic carbocycles. The monoisotopic (exact) mass is 379 g/mol. The SMILES string of the molecule is CNc1cccc2c1C1C(=O)NCCN1CC2c1ccccc1.Cl.Cl. The fourth-order valence-corrected chi connectivity index (χ4v) is 3.94. The number of piperazine rings is 1. The van der Waals surface area contributed by atoms with E-state index in [0.29, 0.717) is 5.92 Å². The largest absolute Gasteiger partial charge is 0.388 e. The summed E-state index contributed by atoms with van der Waals surface area (Å²) in [5.74, 6) is 0.424. The van der Waals surface area contributed by atoms with Gasteiger partial charge in [0.1, 0.15) is 6.04 Å². The van der Waals surface area contributed by atoms with E-state index in [4.69, 9.17) is 0 Å². The average Bonchev–Trinajstić information content (AvgIpc) is 2.61. The van der Waals surface area contributed by atoms with E-state index >= 15 is 0 Å². The van der Waals surface area contributed by atoms with Crippen LogP contribution in [0.25, 0.3) is 0 Å². The summed E-state index contributed by atoms with van der Waals surface area (Å²) in [6.45, 7) is 2.52. The molecule has 6 heteroatoms. The molecule has 2 aliphatic heterocycles. The standard InChI is InChI=1S/C19H21N3O.2ClH/c1-20-16-9-5-8-14-15(13-6-3-2-4-7-13)12-22-11-10-21-19(23)18(22)17(14)16;;/h2-9,15,18,20H,10-12H2,1H3,(H,21,23);2*1H. The molecule has 0 bridgehead atoms. The Morgan fingerprint density at radius 1 is 1.08 bits per heavy atom. The smallest absolute Gasteiger partial charge is 0.242 e. The summed E-state index contributed by atoms with van der Waals surface area (Å²) in [5, 5.41) is 6.29. The van der Waals surface area contributed by atoms with Crippen LogP contribution in [-0.2, 0) is 4.79 Å². The number of amides is 1. The lowest BCUT2D eigenvalue weighted by molar-refractivity contribution is -0.129. The number of rotatable bonds is 2. The predicted octanol–water partition coefficient (Wildman–Crippen LogP) is 3.19. The maximum absolute atomic E-state index is 12.5. The zero-order valence-corrected chi connectivity index (χ0v) is 15.7. The van der Waals surface area contributed by atoms with Gasteiger partial charge in [-0.05, 0) is 17.2 Å². The zero-order chi connectivity index (χ0) is 15.8. The first-order valence-electron chi connectivity index (χ1n) is 8.17. The van der Waals surface area contributed by atoms with Gasteiger partial charge in [-0.1, -0.05) is 42.5 Å². The Morgan fingerprint density at radius 2 is 1.84 bits per heavy atom. The summed E-state index contributed by atoms with van der Waals surface area (Å²) in [4.78, 5) is 14.8. The van der Waals surface area contributed by atoms with Crippen molar-refractivity contribution in [2.45, 2.75) is 12.0 Å². The van der Waals surface area contributed by atoms with Crippen LogP contribution in [0, 0.1) is 0 Å². The number of benzene rings is 2. The molecular weight excluding hydrogens is 357 g/mol. The van der Waals surface area contributed by atoms with Crippen molar-refractivity contribution in [2.24, 2.45) is 0 Å². The number of carbonyl (C=O) groups is 1. The molecule has 2 unspecified atom stereocenters. The fraction of sp³-hybridized carbons (Fsp3) is 0.316. The molecule has 2 atom stereocenters. The number of fused-ring (bicyclic) bond motifs is 3. The van der Waals surface area contributed by atoms with Crippen LogP contribution < -0.4 is 10.6 Å². The number of hydrogen-bond acceptors (Lipinski definition) is 3. The lowest BCUT2D eigenvalue weighted by atomic mass is 9.79. The Morgan fingerprint density at radius 3 is 2.56 bits per heavy atom. The van der Waals surface area contributed by atoms with E-state index in [1.54, 1.807) is 0 Å². The van der Waals surface area contributed by atoms with E-state index in [9.17, 15) is 4.79 Å². The molecule has 1 amide bonds. The van der Waals surface area contributed by atoms with Gasteiger partial charge in [-0.25, -0.2) is 0 Å². The van der Waals surface area contributed by atoms with Gasteiger partial charge in [-0.2, -0.15) is 0 Å². The van der Waals surface area contributed by atoms with Gasteiger partial charge in [0.15, 0.2) is 0 Å². The molecule has 2 N–H and O–H groups in total. The maximum Gasteiger partial charge on any atom is 0.242 e. The Balaban J connectivity index is 0.00000113. The lowest BCUT2D eigenvalue weighted by Crippen LogP contribution is -2.53. The van der Waals surface area contributed by atoms with E-state index in [2.05, 4.69) is 64.1 Å². The second-order valence-corrected chi connectivity index (χ2v) is 6.21. The lowest BCUT2D eigenvalue weighted by Gasteiger charge is -2.44. The Hall–Kier alpha value is -1.75. The van der Waals surface area contributed by atoms with Gasteiger partial charge in [-0.3, -0.25) is 9.69 Å². The number of nitrogens with one attached hydrogen (secondary N) is 2. The van der Waals surface area contributed by atoms with Gasteiger partial charge in [0, 0.05) is 43.9 Å². The molecule has 0 aromatic heterocycles. The van der Waals surface area contributed by atoms with Crippen LogP contribution in [-0.4, -0.2) is 37.5 Å². The fourth-order valence-electron chi connectivity index (χ4n) is 3.94. The minimum atomic E-state index is -0.178. The summed E-state index contributed by atoms with van der Waals surface area (Å²) in [6.07, 6.45) is 0. The molecule has 2 heterocycles. The molecule has 0 aliphatic carbocycles. The zero-order valence-electron chi connectivity index (χ0n) is 14.1. The van der Waals surface area contributed by atoms with Crippen LogP contribution >= 0.6 is 24.8 Å². The van der Waals surface area contributed by atoms with Crippen LogP contribution in [0.1, 0.15) is 28.7 Å². The highest BCUT2D eigenvalue weighted by atomic mass is 35.5.